The number of hydrogen-bond acceptors (Lipinski definition) is 4. The molecule has 1 fully saturated rings. The number of halogens is 3. The molecule has 0 spiro atoms. The molecule has 1 aromatic rings. The quantitative estimate of drug-likeness (QED) is 0.839. The van der Waals surface area contributed by atoms with Crippen molar-refractivity contribution in [2.45, 2.75) is 25.1 Å². The Morgan fingerprint density at radius 2 is 1.90 bits per heavy atom. The first-order chi connectivity index (χ1) is 9.75. The molecule has 0 saturated carbocycles. The number of carboxylic acid groups (broad SMARTS) is 1. The van der Waals surface area contributed by atoms with E-state index in [4.69, 9.17) is 10.5 Å². The normalized spacial score (nSPS) is 16.8. The predicted molar refractivity (Wildman–Crippen MR) is 66.5 cm³/mol. The number of nitrogen functional groups attached to an aromatic ring is 1. The fraction of sp³-hybridized carbons (Fsp3) is 0.462. The van der Waals surface area contributed by atoms with E-state index in [0.29, 0.717) is 12.8 Å². The molecule has 8 heteroatoms. The summed E-state index contributed by atoms with van der Waals surface area (Å²) >= 11 is 0. The maximum Gasteiger partial charge on any atom is 0.416 e. The lowest BCUT2D eigenvalue weighted by molar-refractivity contribution is -0.266. The lowest BCUT2D eigenvalue weighted by Crippen LogP contribution is -2.47. The number of carbonyl (C=O) groups excluding carboxylic acids is 1. The molecule has 0 bridgehead atoms. The van der Waals surface area contributed by atoms with Crippen LogP contribution in [0.5, 0.6) is 5.75 Å². The van der Waals surface area contributed by atoms with Crippen molar-refractivity contribution >= 4 is 11.8 Å². The summed E-state index contributed by atoms with van der Waals surface area (Å²) in [6, 6.07) is 3.05. The number of ether oxygens (including phenoxy) is 1. The van der Waals surface area contributed by atoms with Gasteiger partial charge in [-0.05, 0) is 12.1 Å². The van der Waals surface area contributed by atoms with Crippen LogP contribution in [0.3, 0.4) is 0 Å². The Bertz CT molecular complexity index is 526. The third kappa shape index (κ3) is 3.93. The van der Waals surface area contributed by atoms with Crippen LogP contribution in [0.25, 0.3) is 0 Å². The van der Waals surface area contributed by atoms with Crippen molar-refractivity contribution in [1.82, 2.24) is 4.90 Å². The minimum absolute atomic E-state index is 0.0352. The standard InChI is InChI=1S/C13H15F3N2O3/c14-13(15,16)8-5-9(17)7-11(6-8)21-10-1-3-18(4-2-10)12(19)20/h5-7,10H,1-4,17H2,(H,19,20)/p-1. The molecule has 1 heterocycles. The van der Waals surface area contributed by atoms with Crippen LogP contribution in [0, 0.1) is 0 Å². The van der Waals surface area contributed by atoms with Gasteiger partial charge in [0.2, 0.25) is 0 Å². The third-order valence-corrected chi connectivity index (χ3v) is 3.26. The summed E-state index contributed by atoms with van der Waals surface area (Å²) in [5, 5.41) is 10.7. The Labute approximate surface area is 119 Å². The lowest BCUT2D eigenvalue weighted by atomic mass is 10.1. The maximum absolute atomic E-state index is 12.7. The van der Waals surface area contributed by atoms with Gasteiger partial charge in [0.1, 0.15) is 17.9 Å². The number of piperidine rings is 1. The van der Waals surface area contributed by atoms with Crippen molar-refractivity contribution in [3.8, 4) is 5.75 Å². The summed E-state index contributed by atoms with van der Waals surface area (Å²) in [6.45, 7) is 0.475. The number of carbonyl (C=O) groups is 1. The Balaban J connectivity index is 2.04. The second kappa shape index (κ2) is 5.71. The first-order valence-electron chi connectivity index (χ1n) is 6.36. The number of anilines is 1. The molecule has 2 rings (SSSR count). The summed E-state index contributed by atoms with van der Waals surface area (Å²) in [4.78, 5) is 11.8. The van der Waals surface area contributed by atoms with E-state index in [9.17, 15) is 23.1 Å². The van der Waals surface area contributed by atoms with Crippen LogP contribution in [0.1, 0.15) is 18.4 Å². The topological polar surface area (TPSA) is 78.6 Å². The van der Waals surface area contributed by atoms with E-state index in [1.165, 1.54) is 6.07 Å². The van der Waals surface area contributed by atoms with E-state index in [0.717, 1.165) is 17.0 Å². The predicted octanol–water partition coefficient (Wildman–Crippen LogP) is 1.47. The monoisotopic (exact) mass is 303 g/mol. The number of nitrogens with zero attached hydrogens (tertiary/aromatic N) is 1. The van der Waals surface area contributed by atoms with Crippen LogP contribution in [-0.2, 0) is 6.18 Å². The van der Waals surface area contributed by atoms with Crippen molar-refractivity contribution in [3.05, 3.63) is 23.8 Å². The van der Waals surface area contributed by atoms with Gasteiger partial charge in [-0.3, -0.25) is 0 Å². The van der Waals surface area contributed by atoms with Crippen LogP contribution < -0.4 is 15.6 Å². The van der Waals surface area contributed by atoms with E-state index in [-0.39, 0.29) is 30.6 Å². The van der Waals surface area contributed by atoms with Gasteiger partial charge in [0, 0.05) is 37.7 Å². The van der Waals surface area contributed by atoms with Crippen molar-refractivity contribution < 1.29 is 27.8 Å². The van der Waals surface area contributed by atoms with Gasteiger partial charge < -0.3 is 25.3 Å². The number of rotatable bonds is 2. The van der Waals surface area contributed by atoms with Crippen molar-refractivity contribution in [2.24, 2.45) is 0 Å². The molecule has 116 valence electrons. The van der Waals surface area contributed by atoms with Gasteiger partial charge >= 0.3 is 6.18 Å². The average Bonchev–Trinajstić information content (AvgIpc) is 2.37. The fourth-order valence-corrected chi connectivity index (χ4v) is 2.20. The van der Waals surface area contributed by atoms with Crippen molar-refractivity contribution in [1.29, 1.82) is 0 Å². The second-order valence-corrected chi connectivity index (χ2v) is 4.86. The highest BCUT2D eigenvalue weighted by Crippen LogP contribution is 2.34. The minimum Gasteiger partial charge on any atom is -0.530 e. The average molecular weight is 303 g/mol. The largest absolute Gasteiger partial charge is 0.530 e. The van der Waals surface area contributed by atoms with E-state index in [2.05, 4.69) is 0 Å². The zero-order valence-corrected chi connectivity index (χ0v) is 11.0. The highest BCUT2D eigenvalue weighted by atomic mass is 19.4. The molecule has 0 aromatic heterocycles. The first-order valence-corrected chi connectivity index (χ1v) is 6.36. The van der Waals surface area contributed by atoms with Gasteiger partial charge in [-0.15, -0.1) is 0 Å². The van der Waals surface area contributed by atoms with Crippen molar-refractivity contribution in [3.63, 3.8) is 0 Å². The van der Waals surface area contributed by atoms with Crippen LogP contribution in [0.4, 0.5) is 23.7 Å². The molecular weight excluding hydrogens is 289 g/mol. The smallest absolute Gasteiger partial charge is 0.416 e. The van der Waals surface area contributed by atoms with Gasteiger partial charge in [-0.25, -0.2) is 0 Å². The molecule has 1 amide bonds. The Morgan fingerprint density at radius 3 is 2.43 bits per heavy atom. The van der Waals surface area contributed by atoms with E-state index in [1.807, 2.05) is 0 Å². The minimum atomic E-state index is -4.49. The molecular formula is C13H14F3N2O3-. The lowest BCUT2D eigenvalue weighted by Gasteiger charge is -2.33. The summed E-state index contributed by atoms with van der Waals surface area (Å²) in [5.74, 6) is 0.0363. The van der Waals surface area contributed by atoms with E-state index in [1.54, 1.807) is 0 Å². The summed E-state index contributed by atoms with van der Waals surface area (Å²) in [7, 11) is 0. The zero-order chi connectivity index (χ0) is 15.6. The van der Waals surface area contributed by atoms with Crippen LogP contribution in [-0.4, -0.2) is 30.2 Å². The Kier molecular flexibility index (Phi) is 4.15. The molecule has 1 saturated heterocycles. The highest BCUT2D eigenvalue weighted by molar-refractivity contribution is 5.62. The molecule has 0 atom stereocenters. The molecule has 21 heavy (non-hydrogen) atoms. The Morgan fingerprint density at radius 1 is 1.29 bits per heavy atom. The highest BCUT2D eigenvalue weighted by Gasteiger charge is 2.31. The summed E-state index contributed by atoms with van der Waals surface area (Å²) in [6.07, 6.45) is -5.31. The first kappa shape index (κ1) is 15.3. The molecule has 5 nitrogen and oxygen atoms in total. The molecule has 1 aliphatic heterocycles. The molecule has 1 aromatic carbocycles. The number of amides is 1. The van der Waals surface area contributed by atoms with E-state index < -0.39 is 17.8 Å². The van der Waals surface area contributed by atoms with Crippen LogP contribution >= 0.6 is 0 Å². The zero-order valence-electron chi connectivity index (χ0n) is 11.0. The molecule has 2 N–H and O–H groups in total. The maximum atomic E-state index is 12.7. The van der Waals surface area contributed by atoms with Gasteiger partial charge in [0.05, 0.1) is 5.56 Å². The SMILES string of the molecule is Nc1cc(OC2CCN(C(=O)[O-])CC2)cc(C(F)(F)F)c1. The summed E-state index contributed by atoms with van der Waals surface area (Å²) in [5.41, 5.74) is 4.54. The number of nitrogens with two attached hydrogens (primary N) is 1. The molecule has 0 aliphatic carbocycles. The summed E-state index contributed by atoms with van der Waals surface area (Å²) < 4.78 is 43.5. The second-order valence-electron chi connectivity index (χ2n) is 4.86. The number of alkyl halides is 3. The molecule has 0 radical (unpaired) electrons. The van der Waals surface area contributed by atoms with Gasteiger partial charge in [0.25, 0.3) is 0 Å². The number of likely N-dealkylation sites (tertiary alicyclic amines) is 1. The molecule has 1 aliphatic rings. The van der Waals surface area contributed by atoms with Gasteiger partial charge in [0.15, 0.2) is 0 Å². The number of hydrogen-bond donors (Lipinski definition) is 1. The molecule has 0 unspecified atom stereocenters. The van der Waals surface area contributed by atoms with Gasteiger partial charge in [-0.2, -0.15) is 13.2 Å². The van der Waals surface area contributed by atoms with Gasteiger partial charge in [-0.1, -0.05) is 0 Å². The van der Waals surface area contributed by atoms with E-state index >= 15 is 0 Å². The number of benzene rings is 1. The fourth-order valence-electron chi connectivity index (χ4n) is 2.20. The third-order valence-electron chi connectivity index (χ3n) is 3.26. The van der Waals surface area contributed by atoms with Crippen molar-refractivity contribution in [2.75, 3.05) is 18.8 Å². The Hall–Kier alpha value is -2.12. The van der Waals surface area contributed by atoms with Crippen LogP contribution in [0.15, 0.2) is 18.2 Å². The van der Waals surface area contributed by atoms with Crippen LogP contribution in [0.2, 0.25) is 0 Å².